The van der Waals surface area contributed by atoms with Crippen molar-refractivity contribution in [3.63, 3.8) is 0 Å². The SMILES string of the molecule is CCCCC/C=C\C/C=C\C/C=C\C/C=C\CCCC(CC(=O)NC(CO)C(O)CCCCCCCCCCCC)OC(=O)CCCCCCCCCCCCCCCCC. The van der Waals surface area contributed by atoms with Gasteiger partial charge in [0.2, 0.25) is 5.91 Å². The molecule has 0 saturated carbocycles. The molecule has 61 heavy (non-hydrogen) atoms. The molecular formula is C55H101NO5. The number of aliphatic hydroxyl groups excluding tert-OH is 2. The Morgan fingerprint density at radius 2 is 0.852 bits per heavy atom. The summed E-state index contributed by atoms with van der Waals surface area (Å²) in [7, 11) is 0. The number of hydrogen-bond acceptors (Lipinski definition) is 5. The molecule has 3 N–H and O–H groups in total. The molecule has 0 radical (unpaired) electrons. The fourth-order valence-electron chi connectivity index (χ4n) is 7.89. The van der Waals surface area contributed by atoms with Crippen molar-refractivity contribution in [3.05, 3.63) is 48.6 Å². The summed E-state index contributed by atoms with van der Waals surface area (Å²) in [5.41, 5.74) is 0. The summed E-state index contributed by atoms with van der Waals surface area (Å²) in [4.78, 5) is 26.1. The number of esters is 1. The lowest BCUT2D eigenvalue weighted by Gasteiger charge is -2.24. The number of carbonyl (C=O) groups excluding carboxylic acids is 2. The Balaban J connectivity index is 4.67. The van der Waals surface area contributed by atoms with Crippen LogP contribution in [0.25, 0.3) is 0 Å². The molecule has 0 aliphatic heterocycles. The molecule has 0 spiro atoms. The third kappa shape index (κ3) is 44.2. The van der Waals surface area contributed by atoms with Gasteiger partial charge in [-0.3, -0.25) is 9.59 Å². The van der Waals surface area contributed by atoms with E-state index in [0.717, 1.165) is 70.6 Å². The highest BCUT2D eigenvalue weighted by atomic mass is 16.5. The zero-order valence-electron chi connectivity index (χ0n) is 40.5. The normalized spacial score (nSPS) is 13.6. The molecule has 0 aromatic carbocycles. The van der Waals surface area contributed by atoms with E-state index in [1.165, 1.54) is 148 Å². The fraction of sp³-hybridized carbons (Fsp3) is 0.818. The second kappa shape index (κ2) is 48.8. The number of unbranched alkanes of at least 4 members (excludes halogenated alkanes) is 27. The van der Waals surface area contributed by atoms with Crippen LogP contribution >= 0.6 is 0 Å². The molecule has 0 aromatic rings. The number of ether oxygens (including phenoxy) is 1. The van der Waals surface area contributed by atoms with Gasteiger partial charge in [-0.05, 0) is 64.2 Å². The van der Waals surface area contributed by atoms with Crippen LogP contribution in [0.2, 0.25) is 0 Å². The lowest BCUT2D eigenvalue weighted by atomic mass is 10.0. The summed E-state index contributed by atoms with van der Waals surface area (Å²) in [6.07, 6.45) is 58.9. The minimum Gasteiger partial charge on any atom is -0.462 e. The molecule has 356 valence electrons. The molecule has 0 fully saturated rings. The van der Waals surface area contributed by atoms with Crippen molar-refractivity contribution < 1.29 is 24.5 Å². The maximum Gasteiger partial charge on any atom is 0.306 e. The topological polar surface area (TPSA) is 95.9 Å². The first-order chi connectivity index (χ1) is 30.0. The summed E-state index contributed by atoms with van der Waals surface area (Å²) in [6.45, 7) is 6.44. The average molecular weight is 856 g/mol. The number of carbonyl (C=O) groups is 2. The van der Waals surface area contributed by atoms with Gasteiger partial charge in [0.1, 0.15) is 6.10 Å². The van der Waals surface area contributed by atoms with E-state index in [1.807, 2.05) is 0 Å². The molecule has 6 nitrogen and oxygen atoms in total. The highest BCUT2D eigenvalue weighted by Crippen LogP contribution is 2.17. The smallest absolute Gasteiger partial charge is 0.306 e. The van der Waals surface area contributed by atoms with Gasteiger partial charge in [-0.25, -0.2) is 0 Å². The summed E-state index contributed by atoms with van der Waals surface area (Å²) in [5.74, 6) is -0.520. The van der Waals surface area contributed by atoms with Gasteiger partial charge in [0.05, 0.1) is 25.2 Å². The molecular weight excluding hydrogens is 755 g/mol. The highest BCUT2D eigenvalue weighted by Gasteiger charge is 2.24. The van der Waals surface area contributed by atoms with Crippen molar-refractivity contribution in [2.24, 2.45) is 0 Å². The molecule has 0 rings (SSSR count). The molecule has 0 heterocycles. The molecule has 0 aliphatic rings. The van der Waals surface area contributed by atoms with Crippen LogP contribution in [0.3, 0.4) is 0 Å². The zero-order valence-corrected chi connectivity index (χ0v) is 40.5. The predicted octanol–water partition coefficient (Wildman–Crippen LogP) is 15.8. The second-order valence-electron chi connectivity index (χ2n) is 17.9. The van der Waals surface area contributed by atoms with Gasteiger partial charge in [-0.2, -0.15) is 0 Å². The maximum atomic E-state index is 13.2. The van der Waals surface area contributed by atoms with Crippen LogP contribution in [0, 0.1) is 0 Å². The number of nitrogens with one attached hydrogen (secondary N) is 1. The monoisotopic (exact) mass is 856 g/mol. The number of allylic oxidation sites excluding steroid dienone is 8. The minimum absolute atomic E-state index is 0.0424. The van der Waals surface area contributed by atoms with Crippen LogP contribution in [-0.4, -0.2) is 46.9 Å². The van der Waals surface area contributed by atoms with Crippen LogP contribution in [0.5, 0.6) is 0 Å². The molecule has 6 heteroatoms. The van der Waals surface area contributed by atoms with Gasteiger partial charge in [-0.15, -0.1) is 0 Å². The highest BCUT2D eigenvalue weighted by molar-refractivity contribution is 5.77. The van der Waals surface area contributed by atoms with Gasteiger partial charge in [0.25, 0.3) is 0 Å². The lowest BCUT2D eigenvalue weighted by molar-refractivity contribution is -0.151. The summed E-state index contributed by atoms with van der Waals surface area (Å²) >= 11 is 0. The summed E-state index contributed by atoms with van der Waals surface area (Å²) in [6, 6.07) is -0.716. The van der Waals surface area contributed by atoms with E-state index in [1.54, 1.807) is 0 Å². The predicted molar refractivity (Wildman–Crippen MR) is 264 cm³/mol. The van der Waals surface area contributed by atoms with E-state index >= 15 is 0 Å². The molecule has 3 atom stereocenters. The van der Waals surface area contributed by atoms with Crippen LogP contribution in [-0.2, 0) is 14.3 Å². The van der Waals surface area contributed by atoms with Crippen LogP contribution in [0.4, 0.5) is 0 Å². The summed E-state index contributed by atoms with van der Waals surface area (Å²) in [5, 5.41) is 23.7. The Kier molecular flexibility index (Phi) is 47.1. The second-order valence-corrected chi connectivity index (χ2v) is 17.9. The Morgan fingerprint density at radius 1 is 0.475 bits per heavy atom. The first kappa shape index (κ1) is 58.8. The third-order valence-electron chi connectivity index (χ3n) is 11.9. The van der Waals surface area contributed by atoms with Crippen molar-refractivity contribution >= 4 is 11.9 Å². The molecule has 0 bridgehead atoms. The third-order valence-corrected chi connectivity index (χ3v) is 11.9. The maximum absolute atomic E-state index is 13.2. The zero-order chi connectivity index (χ0) is 44.5. The van der Waals surface area contributed by atoms with Gasteiger partial charge in [0.15, 0.2) is 0 Å². The Labute approximate surface area is 378 Å². The van der Waals surface area contributed by atoms with Crippen molar-refractivity contribution in [1.82, 2.24) is 5.32 Å². The number of rotatable bonds is 47. The van der Waals surface area contributed by atoms with Crippen LogP contribution in [0.1, 0.15) is 265 Å². The quantitative estimate of drug-likeness (QED) is 0.0322. The summed E-state index contributed by atoms with van der Waals surface area (Å²) < 4.78 is 5.91. The van der Waals surface area contributed by atoms with Crippen molar-refractivity contribution in [2.45, 2.75) is 283 Å². The van der Waals surface area contributed by atoms with Crippen molar-refractivity contribution in [3.8, 4) is 0 Å². The van der Waals surface area contributed by atoms with Crippen LogP contribution in [0.15, 0.2) is 48.6 Å². The molecule has 0 saturated heterocycles. The van der Waals surface area contributed by atoms with Gasteiger partial charge in [-0.1, -0.05) is 236 Å². The Hall–Kier alpha value is -2.18. The molecule has 1 amide bonds. The first-order valence-corrected chi connectivity index (χ1v) is 26.4. The largest absolute Gasteiger partial charge is 0.462 e. The van der Waals surface area contributed by atoms with Gasteiger partial charge in [0, 0.05) is 6.42 Å². The Morgan fingerprint density at radius 3 is 1.30 bits per heavy atom. The van der Waals surface area contributed by atoms with E-state index in [4.69, 9.17) is 4.74 Å². The van der Waals surface area contributed by atoms with E-state index in [-0.39, 0.29) is 24.9 Å². The first-order valence-electron chi connectivity index (χ1n) is 26.4. The number of aliphatic hydroxyl groups is 2. The van der Waals surface area contributed by atoms with Crippen molar-refractivity contribution in [2.75, 3.05) is 6.61 Å². The Bertz CT molecular complexity index is 1050. The molecule has 0 aromatic heterocycles. The average Bonchev–Trinajstić information content (AvgIpc) is 3.25. The van der Waals surface area contributed by atoms with Crippen LogP contribution < -0.4 is 5.32 Å². The number of amides is 1. The van der Waals surface area contributed by atoms with E-state index in [0.29, 0.717) is 19.3 Å². The molecule has 0 aliphatic carbocycles. The minimum atomic E-state index is -0.799. The van der Waals surface area contributed by atoms with E-state index in [2.05, 4.69) is 74.7 Å². The van der Waals surface area contributed by atoms with Gasteiger partial charge >= 0.3 is 5.97 Å². The number of hydrogen-bond donors (Lipinski definition) is 3. The molecule has 3 unspecified atom stereocenters. The van der Waals surface area contributed by atoms with Gasteiger partial charge < -0.3 is 20.3 Å². The van der Waals surface area contributed by atoms with Crippen molar-refractivity contribution in [1.29, 1.82) is 0 Å². The lowest BCUT2D eigenvalue weighted by Crippen LogP contribution is -2.46. The standard InChI is InChI=1S/C55H101NO5/c1-4-7-10-13-16-19-22-24-26-27-29-30-32-34-37-40-43-46-51(61-55(60)48-45-42-39-36-33-31-28-25-23-20-17-14-11-8-5-2)49-54(59)56-52(50-57)53(58)47-44-41-38-35-21-18-15-12-9-6-3/h16,19,24,26,29-30,34,37,51-53,57-58H,4-15,17-18,20-23,25,27-28,31-33,35-36,38-50H2,1-3H3,(H,56,59)/b19-16-,26-24-,30-29-,37-34-. The van der Waals surface area contributed by atoms with E-state index < -0.39 is 18.2 Å². The van der Waals surface area contributed by atoms with E-state index in [9.17, 15) is 19.8 Å². The fourth-order valence-corrected chi connectivity index (χ4v) is 7.89.